The maximum Gasteiger partial charge on any atom is 0.258 e. The number of nitrogens with one attached hydrogen (secondary N) is 1. The minimum Gasteiger partial charge on any atom is -0.351 e. The Balaban J connectivity index is 1.49. The van der Waals surface area contributed by atoms with Crippen LogP contribution < -0.4 is 5.32 Å². The number of amides is 1. The largest absolute Gasteiger partial charge is 0.351 e. The van der Waals surface area contributed by atoms with Crippen molar-refractivity contribution in [3.05, 3.63) is 66.2 Å². The molecule has 0 aliphatic carbocycles. The zero-order valence-electron chi connectivity index (χ0n) is 12.3. The summed E-state index contributed by atoms with van der Waals surface area (Å²) in [5, 5.41) is 7.20. The highest BCUT2D eigenvalue weighted by molar-refractivity contribution is 7.99. The van der Waals surface area contributed by atoms with Gasteiger partial charge in [-0.2, -0.15) is 4.98 Å². The second-order valence-corrected chi connectivity index (χ2v) is 5.74. The lowest BCUT2D eigenvalue weighted by molar-refractivity contribution is -0.118. The van der Waals surface area contributed by atoms with E-state index in [1.165, 1.54) is 11.8 Å². The average Bonchev–Trinajstić information content (AvgIpc) is 3.09. The Hall–Kier alpha value is -2.60. The second-order valence-electron chi connectivity index (χ2n) is 4.80. The molecule has 5 nitrogen and oxygen atoms in total. The molecule has 0 spiro atoms. The van der Waals surface area contributed by atoms with Crippen molar-refractivity contribution in [2.45, 2.75) is 11.7 Å². The molecule has 0 fully saturated rings. The molecule has 23 heavy (non-hydrogen) atoms. The van der Waals surface area contributed by atoms with Crippen molar-refractivity contribution < 1.29 is 9.32 Å². The molecule has 1 aromatic heterocycles. The van der Waals surface area contributed by atoms with E-state index in [4.69, 9.17) is 4.52 Å². The number of rotatable bonds is 6. The number of thioether (sulfide) groups is 1. The van der Waals surface area contributed by atoms with Crippen molar-refractivity contribution in [2.24, 2.45) is 0 Å². The standard InChI is InChI=1S/C17H15N3O2S/c21-15(18-11-13-7-3-1-4-8-13)12-23-17-19-16(22-20-17)14-9-5-2-6-10-14/h1-10H,11-12H2,(H,18,21). The molecular weight excluding hydrogens is 310 g/mol. The van der Waals surface area contributed by atoms with Crippen molar-refractivity contribution in [3.8, 4) is 11.5 Å². The van der Waals surface area contributed by atoms with Crippen LogP contribution in [0.2, 0.25) is 0 Å². The fraction of sp³-hybridized carbons (Fsp3) is 0.118. The van der Waals surface area contributed by atoms with Crippen molar-refractivity contribution in [2.75, 3.05) is 5.75 Å². The van der Waals surface area contributed by atoms with Crippen LogP contribution in [0.4, 0.5) is 0 Å². The first-order valence-corrected chi connectivity index (χ1v) is 8.12. The monoisotopic (exact) mass is 325 g/mol. The summed E-state index contributed by atoms with van der Waals surface area (Å²) in [5.41, 5.74) is 1.93. The molecule has 1 N–H and O–H groups in total. The number of aromatic nitrogens is 2. The minimum absolute atomic E-state index is 0.0649. The fourth-order valence-electron chi connectivity index (χ4n) is 1.94. The van der Waals surface area contributed by atoms with E-state index in [1.54, 1.807) is 0 Å². The van der Waals surface area contributed by atoms with Crippen molar-refractivity contribution in [1.29, 1.82) is 0 Å². The van der Waals surface area contributed by atoms with Gasteiger partial charge in [-0.15, -0.1) is 0 Å². The fourth-order valence-corrected chi connectivity index (χ4v) is 2.54. The number of carbonyl (C=O) groups is 1. The number of benzene rings is 2. The molecule has 0 atom stereocenters. The predicted octanol–water partition coefficient (Wildman–Crippen LogP) is 3.15. The lowest BCUT2D eigenvalue weighted by Crippen LogP contribution is -2.24. The molecule has 0 aliphatic heterocycles. The van der Waals surface area contributed by atoms with Gasteiger partial charge >= 0.3 is 0 Å². The molecule has 3 aromatic rings. The van der Waals surface area contributed by atoms with E-state index in [0.29, 0.717) is 17.6 Å². The van der Waals surface area contributed by atoms with Crippen LogP contribution in [0.3, 0.4) is 0 Å². The van der Waals surface area contributed by atoms with Crippen LogP contribution in [0, 0.1) is 0 Å². The van der Waals surface area contributed by atoms with Gasteiger partial charge in [0, 0.05) is 12.1 Å². The van der Waals surface area contributed by atoms with Crippen LogP contribution in [0.25, 0.3) is 11.5 Å². The van der Waals surface area contributed by atoms with Gasteiger partial charge < -0.3 is 9.84 Å². The van der Waals surface area contributed by atoms with E-state index in [9.17, 15) is 4.79 Å². The van der Waals surface area contributed by atoms with Crippen LogP contribution >= 0.6 is 11.8 Å². The number of hydrogen-bond acceptors (Lipinski definition) is 5. The first-order valence-electron chi connectivity index (χ1n) is 7.14. The summed E-state index contributed by atoms with van der Waals surface area (Å²) in [6.07, 6.45) is 0. The number of nitrogens with zero attached hydrogens (tertiary/aromatic N) is 2. The highest BCUT2D eigenvalue weighted by Gasteiger charge is 2.10. The number of hydrogen-bond donors (Lipinski definition) is 1. The SMILES string of the molecule is O=C(CSc1noc(-c2ccccc2)n1)NCc1ccccc1. The first-order chi connectivity index (χ1) is 11.3. The van der Waals surface area contributed by atoms with E-state index < -0.39 is 0 Å². The van der Waals surface area contributed by atoms with Gasteiger partial charge in [0.15, 0.2) is 0 Å². The minimum atomic E-state index is -0.0649. The van der Waals surface area contributed by atoms with Gasteiger partial charge in [-0.05, 0) is 22.9 Å². The predicted molar refractivity (Wildman–Crippen MR) is 88.7 cm³/mol. The lowest BCUT2D eigenvalue weighted by Gasteiger charge is -2.03. The highest BCUT2D eigenvalue weighted by Crippen LogP contribution is 2.20. The van der Waals surface area contributed by atoms with Gasteiger partial charge in [0.1, 0.15) is 0 Å². The van der Waals surface area contributed by atoms with E-state index in [2.05, 4.69) is 15.5 Å². The van der Waals surface area contributed by atoms with Gasteiger partial charge in [0.25, 0.3) is 5.89 Å². The van der Waals surface area contributed by atoms with Crippen LogP contribution in [0.5, 0.6) is 0 Å². The van der Waals surface area contributed by atoms with Crippen molar-refractivity contribution in [3.63, 3.8) is 0 Å². The van der Waals surface area contributed by atoms with Gasteiger partial charge in [-0.3, -0.25) is 4.79 Å². The van der Waals surface area contributed by atoms with Crippen LogP contribution in [-0.4, -0.2) is 21.8 Å². The zero-order chi connectivity index (χ0) is 15.9. The molecule has 0 radical (unpaired) electrons. The average molecular weight is 325 g/mol. The molecular formula is C17H15N3O2S. The van der Waals surface area contributed by atoms with E-state index in [1.807, 2.05) is 60.7 Å². The molecule has 0 unspecified atom stereocenters. The van der Waals surface area contributed by atoms with Crippen LogP contribution in [-0.2, 0) is 11.3 Å². The van der Waals surface area contributed by atoms with Crippen molar-refractivity contribution >= 4 is 17.7 Å². The maximum atomic E-state index is 11.8. The van der Waals surface area contributed by atoms with Gasteiger partial charge in [0.2, 0.25) is 11.1 Å². The Bertz CT molecular complexity index is 760. The summed E-state index contributed by atoms with van der Waals surface area (Å²) < 4.78 is 5.20. The summed E-state index contributed by atoms with van der Waals surface area (Å²) >= 11 is 1.25. The van der Waals surface area contributed by atoms with Crippen LogP contribution in [0.1, 0.15) is 5.56 Å². The van der Waals surface area contributed by atoms with Gasteiger partial charge in [-0.25, -0.2) is 0 Å². The molecule has 0 bridgehead atoms. The Morgan fingerprint density at radius 1 is 1.04 bits per heavy atom. The Kier molecular flexibility index (Phi) is 5.06. The van der Waals surface area contributed by atoms with E-state index in [0.717, 1.165) is 11.1 Å². The molecule has 1 amide bonds. The summed E-state index contributed by atoms with van der Waals surface area (Å²) in [6, 6.07) is 19.3. The molecule has 3 rings (SSSR count). The Morgan fingerprint density at radius 3 is 2.48 bits per heavy atom. The Labute approximate surface area is 138 Å². The summed E-state index contributed by atoms with van der Waals surface area (Å²) in [4.78, 5) is 16.1. The first kappa shape index (κ1) is 15.3. The molecule has 0 saturated heterocycles. The van der Waals surface area contributed by atoms with E-state index in [-0.39, 0.29) is 11.7 Å². The third-order valence-corrected chi connectivity index (χ3v) is 3.92. The summed E-state index contributed by atoms with van der Waals surface area (Å²) in [5.74, 6) is 0.642. The third-order valence-electron chi connectivity index (χ3n) is 3.09. The van der Waals surface area contributed by atoms with Gasteiger partial charge in [-0.1, -0.05) is 60.3 Å². The van der Waals surface area contributed by atoms with Crippen LogP contribution in [0.15, 0.2) is 70.3 Å². The highest BCUT2D eigenvalue weighted by atomic mass is 32.2. The molecule has 2 aromatic carbocycles. The molecule has 0 saturated carbocycles. The molecule has 116 valence electrons. The van der Waals surface area contributed by atoms with Crippen molar-refractivity contribution in [1.82, 2.24) is 15.5 Å². The quantitative estimate of drug-likeness (QED) is 0.705. The topological polar surface area (TPSA) is 68.0 Å². The van der Waals surface area contributed by atoms with E-state index >= 15 is 0 Å². The normalized spacial score (nSPS) is 10.4. The molecule has 6 heteroatoms. The summed E-state index contributed by atoms with van der Waals surface area (Å²) in [7, 11) is 0. The summed E-state index contributed by atoms with van der Waals surface area (Å²) in [6.45, 7) is 0.516. The molecule has 0 aliphatic rings. The zero-order valence-corrected chi connectivity index (χ0v) is 13.1. The smallest absolute Gasteiger partial charge is 0.258 e. The third kappa shape index (κ3) is 4.43. The lowest BCUT2D eigenvalue weighted by atomic mass is 10.2. The maximum absolute atomic E-state index is 11.8. The van der Waals surface area contributed by atoms with Gasteiger partial charge in [0.05, 0.1) is 5.75 Å². The number of carbonyl (C=O) groups excluding carboxylic acids is 1. The molecule has 1 heterocycles. The Morgan fingerprint density at radius 2 is 1.74 bits per heavy atom. The second kappa shape index (κ2) is 7.60.